The fraction of sp³-hybridized carbons (Fsp3) is 0.767. The number of hydrogen-bond acceptors (Lipinski definition) is 24. The molecule has 12 saturated carbocycles. The van der Waals surface area contributed by atoms with Gasteiger partial charge in [0.15, 0.2) is 40.0 Å². The van der Waals surface area contributed by atoms with Crippen molar-refractivity contribution in [3.63, 3.8) is 0 Å². The van der Waals surface area contributed by atoms with Gasteiger partial charge in [0.1, 0.15) is 11.2 Å². The predicted octanol–water partition coefficient (Wildman–Crippen LogP) is 12.9. The minimum Gasteiger partial charge on any atom is -0.393 e. The van der Waals surface area contributed by atoms with Gasteiger partial charge in [0.2, 0.25) is 0 Å². The van der Waals surface area contributed by atoms with Crippen LogP contribution in [0.1, 0.15) is 185 Å². The Morgan fingerprint density at radius 1 is 0.371 bits per heavy atom. The van der Waals surface area contributed by atoms with Crippen LogP contribution < -0.4 is 0 Å². The van der Waals surface area contributed by atoms with Crippen molar-refractivity contribution in [3.05, 3.63) is 95.2 Å². The van der Waals surface area contributed by atoms with Gasteiger partial charge in [0, 0.05) is 182 Å². The SMILES string of the molecule is C[C@@H]1C[C@H]2[C@@H]3CCC4=CC(=O)C=C[C@]4(C)[C@H]3[C@@H](O)C[C@]2(C)[C@@]1(O)C(=O)N1CC2SCS[C@@H]2C1.C[C@H]1C[C@@H]2[C@H]([C@@H](O)C[C@@]3(C)[C@H]2CC[C@]3(O)C(=O)N2CC3SCS[C@@H]3C2)[C@@]2(C)C=CC(=O)C=C12.C[C@H]1C[C@H]2[C@@H]3CCC4=CC(=O)C=C[C@]4(C)[C@@]3(F)[C@@H](O)C[C@]2(C)[C@@]1(O)C(=O)N1CC2SCS[C@@H]2C1.C[C@]12C=CC(=O)C=C1CC[C@@H]1[C@@H]2[C@@H](O)C[C@@]2(C)[C@H]1CC[C@]2(O)C(=O)N1CC2SCS[C@@H]2C1. The van der Waals surface area contributed by atoms with Crippen LogP contribution in [0.25, 0.3) is 0 Å². The molecule has 20 fully saturated rings. The average Bonchev–Trinajstić information content (AvgIpc) is 1.62. The number of ketones is 4. The third-order valence-corrected chi connectivity index (χ3v) is 53.8. The highest BCUT2D eigenvalue weighted by Gasteiger charge is 2.79. The summed E-state index contributed by atoms with van der Waals surface area (Å²) >= 11 is 15.4. The molecule has 0 bridgehead atoms. The highest BCUT2D eigenvalue weighted by molar-refractivity contribution is 8.21. The van der Waals surface area contributed by atoms with Crippen molar-refractivity contribution < 1.29 is 83.6 Å². The number of alkyl halides is 1. The van der Waals surface area contributed by atoms with Gasteiger partial charge in [-0.25, -0.2) is 4.39 Å². The molecule has 24 rings (SSSR count). The van der Waals surface area contributed by atoms with Crippen LogP contribution in [0.2, 0.25) is 0 Å². The minimum atomic E-state index is -1.94. The van der Waals surface area contributed by atoms with E-state index < -0.39 is 85.5 Å². The van der Waals surface area contributed by atoms with Crippen molar-refractivity contribution in [1.82, 2.24) is 19.6 Å². The van der Waals surface area contributed by atoms with E-state index >= 15 is 4.39 Å². The molecule has 720 valence electrons. The molecule has 0 aromatic heterocycles. The molecular weight excluding hydrogens is 1820 g/mol. The summed E-state index contributed by atoms with van der Waals surface area (Å²) in [5.41, 5.74) is -8.49. The van der Waals surface area contributed by atoms with Gasteiger partial charge in [-0.2, -0.15) is 0 Å². The lowest BCUT2D eigenvalue weighted by Crippen LogP contribution is -2.70. The summed E-state index contributed by atoms with van der Waals surface area (Å²) in [5.74, 6) is -0.145. The molecule has 4 unspecified atom stereocenters. The van der Waals surface area contributed by atoms with E-state index in [1.807, 2.05) is 153 Å². The number of thioether (sulfide) groups is 8. The number of halogens is 1. The lowest BCUT2D eigenvalue weighted by molar-refractivity contribution is -0.222. The Morgan fingerprint density at radius 2 is 0.705 bits per heavy atom. The number of rotatable bonds is 4. The van der Waals surface area contributed by atoms with Crippen molar-refractivity contribution in [2.24, 2.45) is 126 Å². The van der Waals surface area contributed by atoms with Gasteiger partial charge in [-0.1, -0.05) is 116 Å². The first kappa shape index (κ1) is 95.1. The van der Waals surface area contributed by atoms with E-state index in [4.69, 9.17) is 0 Å². The third-order valence-electron chi connectivity index (χ3n) is 41.5. The van der Waals surface area contributed by atoms with E-state index in [1.54, 1.807) is 49.5 Å². The van der Waals surface area contributed by atoms with Crippen LogP contribution >= 0.6 is 94.1 Å². The Morgan fingerprint density at radius 3 is 1.13 bits per heavy atom. The van der Waals surface area contributed by atoms with Crippen molar-refractivity contribution in [3.8, 4) is 0 Å². The molecule has 8 N–H and O–H groups in total. The maximum atomic E-state index is 17.3. The second-order valence-corrected chi connectivity index (χ2v) is 58.3. The molecule has 4 amide bonds. The maximum absolute atomic E-state index is 17.3. The molecule has 0 radical (unpaired) electrons. The largest absolute Gasteiger partial charge is 0.393 e. The number of likely N-dealkylation sites (tertiary alicyclic amines) is 4. The lowest BCUT2D eigenvalue weighted by atomic mass is 9.44. The predicted molar refractivity (Wildman–Crippen MR) is 523 cm³/mol. The number of amides is 4. The molecular formula is C103H137FN4O16S8. The smallest absolute Gasteiger partial charge is 0.255 e. The number of nitrogens with zero attached hydrogens (tertiary/aromatic N) is 4. The summed E-state index contributed by atoms with van der Waals surface area (Å²) in [6.45, 7) is 28.3. The van der Waals surface area contributed by atoms with Gasteiger partial charge >= 0.3 is 0 Å². The molecule has 0 aromatic rings. The second kappa shape index (κ2) is 33.0. The zero-order valence-electron chi connectivity index (χ0n) is 78.2. The van der Waals surface area contributed by atoms with Crippen LogP contribution in [0.15, 0.2) is 95.2 Å². The fourth-order valence-corrected chi connectivity index (χ4v) is 48.1. The fourth-order valence-electron chi connectivity index (χ4n) is 34.7. The van der Waals surface area contributed by atoms with Crippen LogP contribution in [0.4, 0.5) is 4.39 Å². The number of fused-ring (bicyclic) bond motifs is 24. The topological polar surface area (TPSA) is 311 Å². The number of hydrogen-bond donors (Lipinski definition) is 8. The standard InChI is InChI=1S/C26H34FNO4S2.2C26H35NO4S2.C25H33NO4S2/c1-14-8-18-17-5-4-15-9-16(29)6-7-23(15,2)25(17,27)21(30)10-24(18,3)26(14,32)22(31)28-11-19-20(12-28)34-13-33-19;1-14-8-16-17-5-7-26(31,23(30)27-11-20-21(12-27)33-13-32-20)25(17,3)10-19(29)22(16)24(2)6-4-15(28)9-18(14)24;1-14-8-18-17-5-4-15-9-16(28)6-7-24(15,2)22(17)19(29)10-25(18,3)26(14,31)23(30)27-11-20-21(12-27)33-13-32-20;1-23-7-5-15(27)9-14(23)3-4-16-17-6-8-25(30,24(17,2)10-18(28)21(16)23)22(29)26-11-19-20(12-26)32-13-31-19/h6-7,9,14,17-21,30,32H,4-5,8,10-13H2,1-3H3;4,6,9,14,16-17,19-22,29,31H,5,7-8,10-13H2,1-3H3;6-7,9,14,17-22,29,31H,4-5,8,10-13H2,1-3H3;5,7,9,16-21,28,30H,3-4,6,8,10-13H2,1-2H3/t14-,17-,18-,19+,20?,21-,23-,24-,25-,26-;14-,16-,17-,19-,20+,21?,22+,24-,25-,26-;14-,17+,18+,19+,20-,21?,22-,24+,25+,26+;16-,17-,18-,19+,20?,21+,23-,24-,25-/m0010/s1. The summed E-state index contributed by atoms with van der Waals surface area (Å²) in [7, 11) is 0. The van der Waals surface area contributed by atoms with Crippen LogP contribution in [0.3, 0.4) is 0 Å². The van der Waals surface area contributed by atoms with Crippen molar-refractivity contribution in [2.75, 3.05) is 72.7 Å². The molecule has 29 heteroatoms. The monoisotopic (exact) mass is 1960 g/mol. The third kappa shape index (κ3) is 13.4. The Labute approximate surface area is 811 Å². The summed E-state index contributed by atoms with van der Waals surface area (Å²) in [6.07, 6.45) is 28.6. The van der Waals surface area contributed by atoms with Gasteiger partial charge in [-0.05, 0) is 224 Å². The molecule has 24 aliphatic rings. The molecule has 132 heavy (non-hydrogen) atoms. The van der Waals surface area contributed by atoms with E-state index in [2.05, 4.69) is 48.5 Å². The van der Waals surface area contributed by atoms with Gasteiger partial charge in [0.25, 0.3) is 23.6 Å². The zero-order chi connectivity index (χ0) is 93.4. The summed E-state index contributed by atoms with van der Waals surface area (Å²) in [4.78, 5) is 111. The molecule has 8 aliphatic heterocycles. The van der Waals surface area contributed by atoms with E-state index in [9.17, 15) is 79.2 Å². The molecule has 20 nitrogen and oxygen atoms in total. The Balaban J connectivity index is 0.000000106. The summed E-state index contributed by atoms with van der Waals surface area (Å²) in [5, 5.41) is 103. The highest BCUT2D eigenvalue weighted by Crippen LogP contribution is 2.75. The van der Waals surface area contributed by atoms with Crippen LogP contribution in [-0.2, 0) is 38.4 Å². The molecule has 0 aromatic carbocycles. The quantitative estimate of drug-likeness (QED) is 0.130. The molecule has 39 atom stereocenters. The molecule has 8 heterocycles. The van der Waals surface area contributed by atoms with Crippen LogP contribution in [-0.4, -0.2) is 274 Å². The summed E-state index contributed by atoms with van der Waals surface area (Å²) < 4.78 is 17.3. The minimum absolute atomic E-state index is 0.0128. The van der Waals surface area contributed by atoms with Crippen molar-refractivity contribution in [1.29, 1.82) is 0 Å². The van der Waals surface area contributed by atoms with Gasteiger partial charge in [-0.15, -0.1) is 94.1 Å². The molecule has 8 saturated heterocycles. The van der Waals surface area contributed by atoms with E-state index in [-0.39, 0.29) is 146 Å². The summed E-state index contributed by atoms with van der Waals surface area (Å²) in [6, 6.07) is 0. The highest BCUT2D eigenvalue weighted by atomic mass is 32.2. The van der Waals surface area contributed by atoms with Crippen molar-refractivity contribution in [2.45, 2.75) is 280 Å². The first-order chi connectivity index (χ1) is 62.3. The Kier molecular flexibility index (Phi) is 23.8. The maximum Gasteiger partial charge on any atom is 0.255 e. The van der Waals surface area contributed by atoms with Crippen molar-refractivity contribution >= 4 is 141 Å². The number of carbonyl (C=O) groups excluding carboxylic acids is 8. The van der Waals surface area contributed by atoms with E-state index in [0.717, 1.165) is 133 Å². The van der Waals surface area contributed by atoms with Gasteiger partial charge < -0.3 is 60.5 Å². The number of carbonyl (C=O) groups is 8. The Bertz CT molecular complexity index is 5060. The number of allylic oxidation sites excluding steroid dienone is 16. The lowest BCUT2D eigenvalue weighted by Gasteiger charge is -2.62. The molecule has 0 spiro atoms. The van der Waals surface area contributed by atoms with E-state index in [0.29, 0.717) is 106 Å². The first-order valence-corrected chi connectivity index (χ1v) is 57.9. The second-order valence-electron chi connectivity index (χ2n) is 47.0. The number of aliphatic hydroxyl groups is 8. The molecule has 16 aliphatic carbocycles. The van der Waals surface area contributed by atoms with Crippen LogP contribution in [0, 0.1) is 126 Å². The van der Waals surface area contributed by atoms with E-state index in [1.165, 1.54) is 12.2 Å². The first-order valence-electron chi connectivity index (χ1n) is 49.5. The Hall–Kier alpha value is -3.11. The average molecular weight is 1960 g/mol. The normalized spacial score (nSPS) is 52.8. The zero-order valence-corrected chi connectivity index (χ0v) is 84.8. The van der Waals surface area contributed by atoms with Crippen LogP contribution in [0.5, 0.6) is 0 Å². The number of aliphatic hydroxyl groups excluding tert-OH is 4. The van der Waals surface area contributed by atoms with Gasteiger partial charge in [-0.3, -0.25) is 38.4 Å². The van der Waals surface area contributed by atoms with Gasteiger partial charge in [0.05, 0.1) is 24.4 Å².